The molecule has 3 rings (SSSR count). The summed E-state index contributed by atoms with van der Waals surface area (Å²) in [6.07, 6.45) is 1.88. The van der Waals surface area contributed by atoms with Gasteiger partial charge in [0.25, 0.3) is 0 Å². The first kappa shape index (κ1) is 11.7. The Balaban J connectivity index is 1.93. The van der Waals surface area contributed by atoms with Crippen LogP contribution < -0.4 is 5.32 Å². The number of rotatable bonds is 4. The maximum Gasteiger partial charge on any atom is 0.214 e. The highest BCUT2D eigenvalue weighted by Crippen LogP contribution is 2.27. The minimum Gasteiger partial charge on any atom is -0.360 e. The van der Waals surface area contributed by atoms with Gasteiger partial charge in [-0.1, -0.05) is 25.2 Å². The predicted octanol–water partition coefficient (Wildman–Crippen LogP) is 3.59. The standard InChI is InChI=1S/C12H14N4S2/c1-8(2)5-13-11-15-16-10(6-14-12(16)18-11)9-3-4-17-7-9/h3-4,6-8H,5H2,1-2H3,(H,13,15). The third kappa shape index (κ3) is 2.13. The SMILES string of the molecule is CC(C)CNc1nn2c(-c3ccsc3)cnc2s1. The van der Waals surface area contributed by atoms with E-state index in [1.807, 2.05) is 10.7 Å². The molecule has 0 bridgehead atoms. The highest BCUT2D eigenvalue weighted by Gasteiger charge is 2.11. The molecular weight excluding hydrogens is 264 g/mol. The van der Waals surface area contributed by atoms with Gasteiger partial charge in [-0.05, 0) is 17.4 Å². The third-order valence-electron chi connectivity index (χ3n) is 2.56. The van der Waals surface area contributed by atoms with Crippen molar-refractivity contribution in [2.75, 3.05) is 11.9 Å². The van der Waals surface area contributed by atoms with E-state index in [1.54, 1.807) is 22.7 Å². The van der Waals surface area contributed by atoms with Crippen LogP contribution in [0, 0.1) is 5.92 Å². The van der Waals surface area contributed by atoms with Crippen LogP contribution in [-0.4, -0.2) is 21.1 Å². The minimum absolute atomic E-state index is 0.609. The number of aromatic nitrogens is 3. The number of fused-ring (bicyclic) bond motifs is 1. The van der Waals surface area contributed by atoms with Gasteiger partial charge in [-0.2, -0.15) is 11.3 Å². The van der Waals surface area contributed by atoms with Crippen molar-refractivity contribution in [3.05, 3.63) is 23.0 Å². The topological polar surface area (TPSA) is 42.2 Å². The Morgan fingerprint density at radius 3 is 3.06 bits per heavy atom. The molecule has 94 valence electrons. The summed E-state index contributed by atoms with van der Waals surface area (Å²) in [4.78, 5) is 5.34. The molecule has 0 saturated heterocycles. The average Bonchev–Trinajstić information content (AvgIpc) is 3.01. The zero-order valence-electron chi connectivity index (χ0n) is 10.3. The van der Waals surface area contributed by atoms with E-state index in [2.05, 4.69) is 46.1 Å². The van der Waals surface area contributed by atoms with Crippen molar-refractivity contribution in [3.8, 4) is 11.3 Å². The van der Waals surface area contributed by atoms with Crippen molar-refractivity contribution in [2.45, 2.75) is 13.8 Å². The molecule has 18 heavy (non-hydrogen) atoms. The van der Waals surface area contributed by atoms with E-state index in [4.69, 9.17) is 0 Å². The number of thiophene rings is 1. The molecule has 0 aromatic carbocycles. The molecule has 0 atom stereocenters. The molecule has 0 saturated carbocycles. The van der Waals surface area contributed by atoms with Gasteiger partial charge in [-0.15, -0.1) is 5.10 Å². The van der Waals surface area contributed by atoms with E-state index in [9.17, 15) is 0 Å². The number of imidazole rings is 1. The Kier molecular flexibility index (Phi) is 3.05. The monoisotopic (exact) mass is 278 g/mol. The quantitative estimate of drug-likeness (QED) is 0.793. The lowest BCUT2D eigenvalue weighted by atomic mass is 10.2. The predicted molar refractivity (Wildman–Crippen MR) is 77.5 cm³/mol. The second-order valence-corrected chi connectivity index (χ2v) is 6.27. The zero-order chi connectivity index (χ0) is 12.5. The maximum atomic E-state index is 4.57. The van der Waals surface area contributed by atoms with Crippen molar-refractivity contribution >= 4 is 32.8 Å². The Hall–Kier alpha value is -1.40. The summed E-state index contributed by atoms with van der Waals surface area (Å²) >= 11 is 3.28. The summed E-state index contributed by atoms with van der Waals surface area (Å²) < 4.78 is 1.91. The second kappa shape index (κ2) is 4.70. The molecule has 3 heterocycles. The molecular formula is C12H14N4S2. The summed E-state index contributed by atoms with van der Waals surface area (Å²) in [5, 5.41) is 13.0. The largest absolute Gasteiger partial charge is 0.360 e. The van der Waals surface area contributed by atoms with Gasteiger partial charge in [0.2, 0.25) is 10.1 Å². The Labute approximate surface area is 113 Å². The summed E-state index contributed by atoms with van der Waals surface area (Å²) in [6, 6.07) is 2.09. The molecule has 0 unspecified atom stereocenters. The third-order valence-corrected chi connectivity index (χ3v) is 4.13. The molecule has 0 aliphatic carbocycles. The van der Waals surface area contributed by atoms with Crippen LogP contribution in [0.1, 0.15) is 13.8 Å². The minimum atomic E-state index is 0.609. The fourth-order valence-electron chi connectivity index (χ4n) is 1.66. The van der Waals surface area contributed by atoms with Crippen molar-refractivity contribution in [1.82, 2.24) is 14.6 Å². The molecule has 0 aliphatic heterocycles. The van der Waals surface area contributed by atoms with E-state index < -0.39 is 0 Å². The van der Waals surface area contributed by atoms with Gasteiger partial charge in [0.05, 0.1) is 11.9 Å². The first-order valence-corrected chi connectivity index (χ1v) is 7.61. The first-order chi connectivity index (χ1) is 8.74. The second-order valence-electron chi connectivity index (χ2n) is 4.53. The van der Waals surface area contributed by atoms with Crippen LogP contribution in [-0.2, 0) is 0 Å². The fraction of sp³-hybridized carbons (Fsp3) is 0.333. The fourth-order valence-corrected chi connectivity index (χ4v) is 3.09. The lowest BCUT2D eigenvalue weighted by molar-refractivity contribution is 0.687. The van der Waals surface area contributed by atoms with Gasteiger partial charge in [-0.3, -0.25) is 0 Å². The van der Waals surface area contributed by atoms with Crippen LogP contribution in [0.25, 0.3) is 16.2 Å². The molecule has 0 spiro atoms. The Morgan fingerprint density at radius 1 is 1.44 bits per heavy atom. The van der Waals surface area contributed by atoms with E-state index >= 15 is 0 Å². The summed E-state index contributed by atoms with van der Waals surface area (Å²) in [5.74, 6) is 0.609. The van der Waals surface area contributed by atoms with E-state index in [0.717, 1.165) is 22.3 Å². The van der Waals surface area contributed by atoms with Gasteiger partial charge in [0, 0.05) is 17.5 Å². The molecule has 0 fully saturated rings. The molecule has 0 amide bonds. The summed E-state index contributed by atoms with van der Waals surface area (Å²) in [7, 11) is 0. The van der Waals surface area contributed by atoms with Gasteiger partial charge in [-0.25, -0.2) is 9.50 Å². The zero-order valence-corrected chi connectivity index (χ0v) is 11.9. The van der Waals surface area contributed by atoms with Crippen molar-refractivity contribution < 1.29 is 0 Å². The Bertz CT molecular complexity index is 636. The van der Waals surface area contributed by atoms with Crippen LogP contribution in [0.3, 0.4) is 0 Å². The molecule has 0 radical (unpaired) electrons. The molecule has 4 nitrogen and oxygen atoms in total. The highest BCUT2D eigenvalue weighted by molar-refractivity contribution is 7.20. The highest BCUT2D eigenvalue weighted by atomic mass is 32.1. The lowest BCUT2D eigenvalue weighted by Gasteiger charge is -2.03. The molecule has 3 aromatic rings. The van der Waals surface area contributed by atoms with E-state index in [1.165, 1.54) is 5.56 Å². The van der Waals surface area contributed by atoms with Crippen LogP contribution in [0.5, 0.6) is 0 Å². The molecule has 3 aromatic heterocycles. The normalized spacial score (nSPS) is 11.5. The van der Waals surface area contributed by atoms with Crippen LogP contribution in [0.2, 0.25) is 0 Å². The summed E-state index contributed by atoms with van der Waals surface area (Å²) in [5.41, 5.74) is 2.23. The lowest BCUT2D eigenvalue weighted by Crippen LogP contribution is -2.07. The van der Waals surface area contributed by atoms with Gasteiger partial charge < -0.3 is 5.32 Å². The number of nitrogens with zero attached hydrogens (tertiary/aromatic N) is 3. The van der Waals surface area contributed by atoms with Gasteiger partial charge in [0.1, 0.15) is 0 Å². The summed E-state index contributed by atoms with van der Waals surface area (Å²) in [6.45, 7) is 5.30. The average molecular weight is 278 g/mol. The first-order valence-electron chi connectivity index (χ1n) is 5.85. The number of hydrogen-bond acceptors (Lipinski definition) is 5. The maximum absolute atomic E-state index is 4.57. The van der Waals surface area contributed by atoms with Crippen LogP contribution in [0.4, 0.5) is 5.13 Å². The van der Waals surface area contributed by atoms with Crippen LogP contribution >= 0.6 is 22.7 Å². The number of nitrogens with one attached hydrogen (secondary N) is 1. The van der Waals surface area contributed by atoms with Crippen molar-refractivity contribution in [1.29, 1.82) is 0 Å². The Morgan fingerprint density at radius 2 is 2.33 bits per heavy atom. The number of hydrogen-bond donors (Lipinski definition) is 1. The van der Waals surface area contributed by atoms with Crippen molar-refractivity contribution in [2.24, 2.45) is 5.92 Å². The smallest absolute Gasteiger partial charge is 0.214 e. The van der Waals surface area contributed by atoms with Crippen LogP contribution in [0.15, 0.2) is 23.0 Å². The molecule has 6 heteroatoms. The molecule has 0 aliphatic rings. The van der Waals surface area contributed by atoms with Gasteiger partial charge >= 0.3 is 0 Å². The number of anilines is 1. The molecule has 1 N–H and O–H groups in total. The van der Waals surface area contributed by atoms with E-state index in [-0.39, 0.29) is 0 Å². The van der Waals surface area contributed by atoms with Crippen molar-refractivity contribution in [3.63, 3.8) is 0 Å². The van der Waals surface area contributed by atoms with Gasteiger partial charge in [0.15, 0.2) is 0 Å². The van der Waals surface area contributed by atoms with E-state index in [0.29, 0.717) is 5.92 Å².